The quantitative estimate of drug-likeness (QED) is 0.823. The first-order valence-electron chi connectivity index (χ1n) is 6.46. The van der Waals surface area contributed by atoms with Crippen molar-refractivity contribution in [1.82, 2.24) is 0 Å². The predicted octanol–water partition coefficient (Wildman–Crippen LogP) is 4.51. The van der Waals surface area contributed by atoms with Gasteiger partial charge in [0.2, 0.25) is 0 Å². The van der Waals surface area contributed by atoms with Gasteiger partial charge in [-0.15, -0.1) is 0 Å². The van der Waals surface area contributed by atoms with E-state index in [1.165, 1.54) is 6.07 Å². The largest absolute Gasteiger partial charge is 0.419 e. The second-order valence-electron chi connectivity index (χ2n) is 4.78. The van der Waals surface area contributed by atoms with Gasteiger partial charge in [0, 0.05) is 0 Å². The van der Waals surface area contributed by atoms with Crippen molar-refractivity contribution < 1.29 is 22.7 Å². The Balaban J connectivity index is 2.03. The van der Waals surface area contributed by atoms with Crippen molar-refractivity contribution in [3.05, 3.63) is 71.0 Å². The summed E-state index contributed by atoms with van der Waals surface area (Å²) in [6.45, 7) is 0. The standard InChI is InChI=1S/C16H14F4O/c17-14-10-11(6-8-13(14)16(18,19)20)7-9-15(21)12-4-2-1-3-5-12/h1-6,8,10,15,21H,7,9H2. The highest BCUT2D eigenvalue weighted by atomic mass is 19.4. The van der Waals surface area contributed by atoms with E-state index in [1.807, 2.05) is 6.07 Å². The minimum absolute atomic E-state index is 0.297. The first kappa shape index (κ1) is 15.5. The van der Waals surface area contributed by atoms with Crippen molar-refractivity contribution in [3.63, 3.8) is 0 Å². The Bertz CT molecular complexity index is 593. The van der Waals surface area contributed by atoms with E-state index in [0.717, 1.165) is 17.7 Å². The third kappa shape index (κ3) is 4.04. The average molecular weight is 298 g/mol. The van der Waals surface area contributed by atoms with E-state index in [0.29, 0.717) is 18.4 Å². The number of hydrogen-bond donors (Lipinski definition) is 1. The van der Waals surface area contributed by atoms with Crippen LogP contribution in [-0.2, 0) is 12.6 Å². The van der Waals surface area contributed by atoms with Gasteiger partial charge in [-0.2, -0.15) is 13.2 Å². The Morgan fingerprint density at radius 1 is 1.00 bits per heavy atom. The Morgan fingerprint density at radius 3 is 2.24 bits per heavy atom. The topological polar surface area (TPSA) is 20.2 Å². The van der Waals surface area contributed by atoms with E-state index in [9.17, 15) is 22.7 Å². The molecule has 0 spiro atoms. The molecule has 0 bridgehead atoms. The lowest BCUT2D eigenvalue weighted by Gasteiger charge is -2.12. The minimum Gasteiger partial charge on any atom is -0.388 e. The molecular formula is C16H14F4O. The molecule has 1 unspecified atom stereocenters. The molecule has 0 radical (unpaired) electrons. The molecule has 0 saturated heterocycles. The van der Waals surface area contributed by atoms with Crippen LogP contribution in [-0.4, -0.2) is 5.11 Å². The van der Waals surface area contributed by atoms with Gasteiger partial charge in [-0.05, 0) is 36.1 Å². The highest BCUT2D eigenvalue weighted by Gasteiger charge is 2.33. The van der Waals surface area contributed by atoms with Gasteiger partial charge in [0.25, 0.3) is 0 Å². The van der Waals surface area contributed by atoms with E-state index in [2.05, 4.69) is 0 Å². The molecule has 1 atom stereocenters. The van der Waals surface area contributed by atoms with E-state index < -0.39 is 23.7 Å². The van der Waals surface area contributed by atoms with E-state index in [4.69, 9.17) is 0 Å². The van der Waals surface area contributed by atoms with Crippen LogP contribution in [0.3, 0.4) is 0 Å². The van der Waals surface area contributed by atoms with Crippen molar-refractivity contribution in [2.45, 2.75) is 25.1 Å². The Hall–Kier alpha value is -1.88. The minimum atomic E-state index is -4.69. The number of aliphatic hydroxyl groups excluding tert-OH is 1. The molecule has 0 heterocycles. The summed E-state index contributed by atoms with van der Waals surface area (Å²) in [7, 11) is 0. The Morgan fingerprint density at radius 2 is 1.67 bits per heavy atom. The molecule has 0 aliphatic heterocycles. The second kappa shape index (κ2) is 6.26. The first-order valence-corrected chi connectivity index (χ1v) is 6.46. The summed E-state index contributed by atoms with van der Waals surface area (Å²) in [6.07, 6.45) is -4.80. The molecule has 2 rings (SSSR count). The number of aliphatic hydroxyl groups is 1. The second-order valence-corrected chi connectivity index (χ2v) is 4.78. The van der Waals surface area contributed by atoms with Crippen LogP contribution in [0.5, 0.6) is 0 Å². The summed E-state index contributed by atoms with van der Waals surface area (Å²) in [5.74, 6) is -1.28. The fourth-order valence-electron chi connectivity index (χ4n) is 2.09. The van der Waals surface area contributed by atoms with Crippen LogP contribution in [0, 0.1) is 5.82 Å². The summed E-state index contributed by atoms with van der Waals surface area (Å²) in [5.41, 5.74) is -0.116. The lowest BCUT2D eigenvalue weighted by molar-refractivity contribution is -0.140. The smallest absolute Gasteiger partial charge is 0.388 e. The summed E-state index contributed by atoms with van der Waals surface area (Å²) in [5, 5.41) is 9.96. The van der Waals surface area contributed by atoms with Crippen molar-refractivity contribution in [1.29, 1.82) is 0 Å². The van der Waals surface area contributed by atoms with E-state index in [1.54, 1.807) is 24.3 Å². The molecule has 1 N–H and O–H groups in total. The van der Waals surface area contributed by atoms with E-state index >= 15 is 0 Å². The van der Waals surface area contributed by atoms with Crippen LogP contribution in [0.1, 0.15) is 29.2 Å². The van der Waals surface area contributed by atoms with Gasteiger partial charge in [-0.3, -0.25) is 0 Å². The summed E-state index contributed by atoms with van der Waals surface area (Å²) in [6, 6.07) is 11.8. The summed E-state index contributed by atoms with van der Waals surface area (Å²) in [4.78, 5) is 0. The first-order chi connectivity index (χ1) is 9.88. The van der Waals surface area contributed by atoms with Crippen LogP contribution >= 0.6 is 0 Å². The van der Waals surface area contributed by atoms with Crippen molar-refractivity contribution in [3.8, 4) is 0 Å². The number of rotatable bonds is 4. The molecule has 2 aromatic carbocycles. The Labute approximate surface area is 119 Å². The molecule has 0 aliphatic carbocycles. The maximum Gasteiger partial charge on any atom is 0.419 e. The number of benzene rings is 2. The maximum atomic E-state index is 13.4. The van der Waals surface area contributed by atoms with Crippen molar-refractivity contribution in [2.75, 3.05) is 0 Å². The van der Waals surface area contributed by atoms with Crippen LogP contribution < -0.4 is 0 Å². The molecule has 2 aromatic rings. The van der Waals surface area contributed by atoms with Gasteiger partial charge in [0.15, 0.2) is 0 Å². The number of halogens is 4. The molecule has 0 saturated carbocycles. The Kier molecular flexibility index (Phi) is 4.63. The lowest BCUT2D eigenvalue weighted by atomic mass is 10.0. The van der Waals surface area contributed by atoms with Gasteiger partial charge in [0.05, 0.1) is 11.7 Å². The van der Waals surface area contributed by atoms with Crippen LogP contribution in [0.15, 0.2) is 48.5 Å². The summed E-state index contributed by atoms with van der Waals surface area (Å²) >= 11 is 0. The third-order valence-corrected chi connectivity index (χ3v) is 3.23. The van der Waals surface area contributed by atoms with Gasteiger partial charge < -0.3 is 5.11 Å². The van der Waals surface area contributed by atoms with Gasteiger partial charge in [0.1, 0.15) is 5.82 Å². The molecule has 0 fully saturated rings. The maximum absolute atomic E-state index is 13.4. The molecule has 5 heteroatoms. The monoisotopic (exact) mass is 298 g/mol. The molecule has 1 nitrogen and oxygen atoms in total. The fourth-order valence-corrected chi connectivity index (χ4v) is 2.09. The zero-order chi connectivity index (χ0) is 15.5. The number of aryl methyl sites for hydroxylation is 1. The molecule has 0 amide bonds. The average Bonchev–Trinajstić information content (AvgIpc) is 2.44. The van der Waals surface area contributed by atoms with Crippen LogP contribution in [0.25, 0.3) is 0 Å². The predicted molar refractivity (Wildman–Crippen MR) is 71.1 cm³/mol. The highest BCUT2D eigenvalue weighted by molar-refractivity contribution is 5.27. The normalized spacial score (nSPS) is 13.2. The third-order valence-electron chi connectivity index (χ3n) is 3.23. The van der Waals surface area contributed by atoms with Crippen molar-refractivity contribution in [2.24, 2.45) is 0 Å². The SMILES string of the molecule is OC(CCc1ccc(C(F)(F)F)c(F)c1)c1ccccc1. The van der Waals surface area contributed by atoms with Gasteiger partial charge in [-0.1, -0.05) is 36.4 Å². The van der Waals surface area contributed by atoms with Gasteiger partial charge in [-0.25, -0.2) is 4.39 Å². The lowest BCUT2D eigenvalue weighted by Crippen LogP contribution is -2.08. The molecule has 112 valence electrons. The van der Waals surface area contributed by atoms with Crippen LogP contribution in [0.2, 0.25) is 0 Å². The fraction of sp³-hybridized carbons (Fsp3) is 0.250. The molecule has 0 aromatic heterocycles. The molecule has 21 heavy (non-hydrogen) atoms. The molecule has 0 aliphatic rings. The van der Waals surface area contributed by atoms with Crippen LogP contribution in [0.4, 0.5) is 17.6 Å². The number of alkyl halides is 3. The van der Waals surface area contributed by atoms with Gasteiger partial charge >= 0.3 is 6.18 Å². The number of hydrogen-bond acceptors (Lipinski definition) is 1. The zero-order valence-corrected chi connectivity index (χ0v) is 11.1. The van der Waals surface area contributed by atoms with E-state index in [-0.39, 0.29) is 0 Å². The highest BCUT2D eigenvalue weighted by Crippen LogP contribution is 2.32. The summed E-state index contributed by atoms with van der Waals surface area (Å²) < 4.78 is 50.7. The molecular weight excluding hydrogens is 284 g/mol. The van der Waals surface area contributed by atoms with Crippen molar-refractivity contribution >= 4 is 0 Å². The zero-order valence-electron chi connectivity index (χ0n) is 11.1.